The van der Waals surface area contributed by atoms with Crippen LogP contribution < -0.4 is 5.32 Å². The van der Waals surface area contributed by atoms with Crippen LogP contribution in [0.3, 0.4) is 0 Å². The van der Waals surface area contributed by atoms with Crippen molar-refractivity contribution in [3.05, 3.63) is 33.8 Å². The highest BCUT2D eigenvalue weighted by atomic mass is 35.5. The number of halogens is 2. The van der Waals surface area contributed by atoms with Gasteiger partial charge in [0.2, 0.25) is 0 Å². The zero-order valence-corrected chi connectivity index (χ0v) is 12.6. The molecule has 0 aliphatic carbocycles. The molecule has 0 atom stereocenters. The van der Waals surface area contributed by atoms with Gasteiger partial charge in [0.25, 0.3) is 5.91 Å². The van der Waals surface area contributed by atoms with Crippen molar-refractivity contribution in [3.8, 4) is 0 Å². The molecule has 0 radical (unpaired) electrons. The minimum Gasteiger partial charge on any atom is -0.381 e. The first-order chi connectivity index (χ1) is 9.13. The molecule has 1 rings (SSSR count). The van der Waals surface area contributed by atoms with E-state index in [0.29, 0.717) is 28.8 Å². The van der Waals surface area contributed by atoms with Crippen LogP contribution in [-0.4, -0.2) is 25.7 Å². The predicted octanol–water partition coefficient (Wildman–Crippen LogP) is 3.93. The van der Waals surface area contributed by atoms with E-state index in [-0.39, 0.29) is 5.91 Å². The highest BCUT2D eigenvalue weighted by Crippen LogP contribution is 2.18. The molecule has 1 N–H and O–H groups in total. The number of hydrogen-bond donors (Lipinski definition) is 1. The Hall–Kier alpha value is -0.770. The Labute approximate surface area is 124 Å². The van der Waals surface area contributed by atoms with Gasteiger partial charge in [-0.05, 0) is 31.0 Å². The first-order valence-corrected chi connectivity index (χ1v) is 7.21. The normalized spacial score (nSPS) is 10.5. The number of ether oxygens (including phenoxy) is 1. The molecule has 1 amide bonds. The van der Waals surface area contributed by atoms with Crippen molar-refractivity contribution < 1.29 is 9.53 Å². The minimum absolute atomic E-state index is 0.169. The molecular formula is C14H19Cl2NO2. The fourth-order valence-corrected chi connectivity index (χ4v) is 2.04. The Morgan fingerprint density at radius 3 is 2.42 bits per heavy atom. The van der Waals surface area contributed by atoms with Gasteiger partial charge < -0.3 is 10.1 Å². The van der Waals surface area contributed by atoms with E-state index in [9.17, 15) is 4.79 Å². The van der Waals surface area contributed by atoms with Gasteiger partial charge in [-0.3, -0.25) is 4.79 Å². The Balaban J connectivity index is 2.24. The van der Waals surface area contributed by atoms with Crippen LogP contribution in [0.25, 0.3) is 0 Å². The number of carbonyl (C=O) groups is 1. The van der Waals surface area contributed by atoms with Gasteiger partial charge in [0, 0.05) is 35.4 Å². The molecule has 0 aliphatic rings. The molecule has 106 valence electrons. The Kier molecular flexibility index (Phi) is 7.87. The summed E-state index contributed by atoms with van der Waals surface area (Å²) in [6, 6.07) is 4.79. The van der Waals surface area contributed by atoms with E-state index in [4.69, 9.17) is 27.9 Å². The second-order valence-electron chi connectivity index (χ2n) is 4.23. The van der Waals surface area contributed by atoms with Crippen LogP contribution >= 0.6 is 23.2 Å². The molecule has 0 unspecified atom stereocenters. The van der Waals surface area contributed by atoms with E-state index in [1.54, 1.807) is 18.2 Å². The van der Waals surface area contributed by atoms with Gasteiger partial charge in [-0.25, -0.2) is 0 Å². The molecule has 0 heterocycles. The van der Waals surface area contributed by atoms with Crippen LogP contribution in [0.4, 0.5) is 0 Å². The van der Waals surface area contributed by atoms with Crippen LogP contribution in [0.5, 0.6) is 0 Å². The molecule has 19 heavy (non-hydrogen) atoms. The molecule has 1 aromatic carbocycles. The van der Waals surface area contributed by atoms with Crippen LogP contribution in [0, 0.1) is 0 Å². The summed E-state index contributed by atoms with van der Waals surface area (Å²) in [5, 5.41) is 3.73. The number of carbonyl (C=O) groups excluding carboxylic acids is 1. The molecule has 0 aromatic heterocycles. The first kappa shape index (κ1) is 16.3. The maximum Gasteiger partial charge on any atom is 0.251 e. The fraction of sp³-hybridized carbons (Fsp3) is 0.500. The van der Waals surface area contributed by atoms with Gasteiger partial charge in [-0.15, -0.1) is 0 Å². The number of benzene rings is 1. The molecule has 0 bridgehead atoms. The molecule has 0 spiro atoms. The van der Waals surface area contributed by atoms with Gasteiger partial charge in [-0.2, -0.15) is 0 Å². The summed E-state index contributed by atoms with van der Waals surface area (Å²) in [6.07, 6.45) is 3.00. The van der Waals surface area contributed by atoms with Crippen LogP contribution in [0.1, 0.15) is 36.5 Å². The van der Waals surface area contributed by atoms with E-state index in [2.05, 4.69) is 12.2 Å². The van der Waals surface area contributed by atoms with Crippen molar-refractivity contribution in [3.63, 3.8) is 0 Å². The molecule has 0 saturated heterocycles. The standard InChI is InChI=1S/C14H19Cl2NO2/c1-2-3-6-19-7-4-5-17-14(18)11-8-12(15)10-13(16)9-11/h8-10H,2-7H2,1H3,(H,17,18). The van der Waals surface area contributed by atoms with Crippen LogP contribution in [0.2, 0.25) is 10.0 Å². The summed E-state index contributed by atoms with van der Waals surface area (Å²) >= 11 is 11.7. The third-order valence-corrected chi connectivity index (χ3v) is 2.95. The highest BCUT2D eigenvalue weighted by molar-refractivity contribution is 6.35. The third-order valence-electron chi connectivity index (χ3n) is 2.52. The zero-order chi connectivity index (χ0) is 14.1. The second kappa shape index (κ2) is 9.18. The van der Waals surface area contributed by atoms with Crippen molar-refractivity contribution in [2.45, 2.75) is 26.2 Å². The molecule has 5 heteroatoms. The van der Waals surface area contributed by atoms with Crippen LogP contribution in [0.15, 0.2) is 18.2 Å². The first-order valence-electron chi connectivity index (χ1n) is 6.45. The lowest BCUT2D eigenvalue weighted by molar-refractivity contribution is 0.0940. The van der Waals surface area contributed by atoms with Gasteiger partial charge >= 0.3 is 0 Å². The number of hydrogen-bond acceptors (Lipinski definition) is 2. The maximum atomic E-state index is 11.8. The van der Waals surface area contributed by atoms with Crippen molar-refractivity contribution in [2.75, 3.05) is 19.8 Å². The summed E-state index contributed by atoms with van der Waals surface area (Å²) < 4.78 is 5.41. The highest BCUT2D eigenvalue weighted by Gasteiger charge is 2.06. The minimum atomic E-state index is -0.169. The Morgan fingerprint density at radius 2 is 1.79 bits per heavy atom. The van der Waals surface area contributed by atoms with E-state index in [1.165, 1.54) is 0 Å². The second-order valence-corrected chi connectivity index (χ2v) is 5.11. The topological polar surface area (TPSA) is 38.3 Å². The summed E-state index contributed by atoms with van der Waals surface area (Å²) in [6.45, 7) is 4.15. The lowest BCUT2D eigenvalue weighted by Gasteiger charge is -2.07. The number of rotatable bonds is 8. The van der Waals surface area contributed by atoms with Crippen molar-refractivity contribution in [1.29, 1.82) is 0 Å². The lowest BCUT2D eigenvalue weighted by Crippen LogP contribution is -2.25. The molecule has 3 nitrogen and oxygen atoms in total. The molecule has 0 saturated carbocycles. The average Bonchev–Trinajstić information content (AvgIpc) is 2.36. The molecular weight excluding hydrogens is 285 g/mol. The molecule has 1 aromatic rings. The zero-order valence-electron chi connectivity index (χ0n) is 11.0. The van der Waals surface area contributed by atoms with Crippen molar-refractivity contribution in [1.82, 2.24) is 5.32 Å². The van der Waals surface area contributed by atoms with Gasteiger partial charge in [0.15, 0.2) is 0 Å². The van der Waals surface area contributed by atoms with E-state index < -0.39 is 0 Å². The van der Waals surface area contributed by atoms with Crippen molar-refractivity contribution >= 4 is 29.1 Å². The number of nitrogens with one attached hydrogen (secondary N) is 1. The Bertz CT molecular complexity index is 390. The maximum absolute atomic E-state index is 11.8. The van der Waals surface area contributed by atoms with E-state index in [1.807, 2.05) is 0 Å². The Morgan fingerprint density at radius 1 is 1.16 bits per heavy atom. The number of amides is 1. The molecule has 0 aliphatic heterocycles. The quantitative estimate of drug-likeness (QED) is 0.739. The average molecular weight is 304 g/mol. The fourth-order valence-electron chi connectivity index (χ4n) is 1.51. The van der Waals surface area contributed by atoms with E-state index >= 15 is 0 Å². The van der Waals surface area contributed by atoms with Crippen molar-refractivity contribution in [2.24, 2.45) is 0 Å². The van der Waals surface area contributed by atoms with Gasteiger partial charge in [0.1, 0.15) is 0 Å². The van der Waals surface area contributed by atoms with Gasteiger partial charge in [0.05, 0.1) is 0 Å². The summed E-state index contributed by atoms with van der Waals surface area (Å²) in [7, 11) is 0. The summed E-state index contributed by atoms with van der Waals surface area (Å²) in [4.78, 5) is 11.8. The smallest absolute Gasteiger partial charge is 0.251 e. The van der Waals surface area contributed by atoms with E-state index in [0.717, 1.165) is 25.9 Å². The molecule has 0 fully saturated rings. The summed E-state index contributed by atoms with van der Waals surface area (Å²) in [5.74, 6) is -0.169. The monoisotopic (exact) mass is 303 g/mol. The largest absolute Gasteiger partial charge is 0.381 e. The van der Waals surface area contributed by atoms with Gasteiger partial charge in [-0.1, -0.05) is 36.5 Å². The lowest BCUT2D eigenvalue weighted by atomic mass is 10.2. The third kappa shape index (κ3) is 6.81. The van der Waals surface area contributed by atoms with Crippen LogP contribution in [-0.2, 0) is 4.74 Å². The summed E-state index contributed by atoms with van der Waals surface area (Å²) in [5.41, 5.74) is 0.476. The SMILES string of the molecule is CCCCOCCCNC(=O)c1cc(Cl)cc(Cl)c1. The number of unbranched alkanes of at least 4 members (excludes halogenated alkanes) is 1. The predicted molar refractivity (Wildman–Crippen MR) is 79.1 cm³/mol.